The first-order chi connectivity index (χ1) is 10.1. The normalized spacial score (nSPS) is 12.5. The summed E-state index contributed by atoms with van der Waals surface area (Å²) < 4.78 is 11.1. The van der Waals surface area contributed by atoms with Crippen LogP contribution in [0.4, 0.5) is 0 Å². The molecule has 108 valence electrons. The zero-order valence-electron chi connectivity index (χ0n) is 11.6. The van der Waals surface area contributed by atoms with E-state index in [1.165, 1.54) is 0 Å². The number of aliphatic hydroxyl groups excluding tert-OH is 1. The molecule has 21 heavy (non-hydrogen) atoms. The van der Waals surface area contributed by atoms with Crippen molar-refractivity contribution in [2.75, 3.05) is 0 Å². The maximum Gasteiger partial charge on any atom is 0.134 e. The molecule has 4 nitrogen and oxygen atoms in total. The highest BCUT2D eigenvalue weighted by atomic mass is 16.5. The first kappa shape index (κ1) is 13.5. The number of phenols is 1. The molecule has 3 aromatic rings. The second kappa shape index (κ2) is 5.50. The van der Waals surface area contributed by atoms with Crippen molar-refractivity contribution in [2.24, 2.45) is 0 Å². The second-order valence-corrected chi connectivity index (χ2v) is 4.98. The van der Waals surface area contributed by atoms with E-state index in [2.05, 4.69) is 0 Å². The number of ether oxygens (including phenoxy) is 1. The average Bonchev–Trinajstić information content (AvgIpc) is 2.90. The van der Waals surface area contributed by atoms with E-state index in [1.54, 1.807) is 37.5 Å². The van der Waals surface area contributed by atoms with Crippen molar-refractivity contribution in [3.8, 4) is 11.5 Å². The van der Waals surface area contributed by atoms with Gasteiger partial charge in [0.05, 0.1) is 12.4 Å². The molecule has 1 aromatic heterocycles. The quantitative estimate of drug-likeness (QED) is 0.765. The van der Waals surface area contributed by atoms with Gasteiger partial charge in [-0.15, -0.1) is 0 Å². The zero-order valence-corrected chi connectivity index (χ0v) is 11.6. The second-order valence-electron chi connectivity index (χ2n) is 4.98. The Hall–Kier alpha value is -2.46. The van der Waals surface area contributed by atoms with Crippen molar-refractivity contribution in [2.45, 2.75) is 19.6 Å². The van der Waals surface area contributed by atoms with Gasteiger partial charge in [-0.25, -0.2) is 0 Å². The number of rotatable bonds is 4. The molecule has 1 unspecified atom stereocenters. The molecular formula is C17H16O4. The number of furan rings is 1. The maximum atomic E-state index is 9.65. The minimum absolute atomic E-state index is 0.213. The number of hydrogen-bond donors (Lipinski definition) is 2. The Bertz CT molecular complexity index is 741. The molecule has 0 saturated carbocycles. The summed E-state index contributed by atoms with van der Waals surface area (Å²) in [5.41, 5.74) is 2.50. The lowest BCUT2D eigenvalue weighted by atomic mass is 10.1. The third kappa shape index (κ3) is 2.85. The topological polar surface area (TPSA) is 62.8 Å². The monoisotopic (exact) mass is 284 g/mol. The van der Waals surface area contributed by atoms with Gasteiger partial charge in [0.15, 0.2) is 0 Å². The summed E-state index contributed by atoms with van der Waals surface area (Å²) in [5, 5.41) is 19.8. The SMILES string of the molecule is CC(O)c1coc2cc(COc3ccc(O)cc3)ccc12. The van der Waals surface area contributed by atoms with E-state index in [1.807, 2.05) is 18.2 Å². The Morgan fingerprint density at radius 1 is 1.14 bits per heavy atom. The summed E-state index contributed by atoms with van der Waals surface area (Å²) in [6, 6.07) is 12.4. The minimum atomic E-state index is -0.551. The van der Waals surface area contributed by atoms with Crippen LogP contribution in [0.3, 0.4) is 0 Å². The van der Waals surface area contributed by atoms with Crippen LogP contribution in [0.2, 0.25) is 0 Å². The van der Waals surface area contributed by atoms with Crippen molar-refractivity contribution >= 4 is 11.0 Å². The van der Waals surface area contributed by atoms with E-state index < -0.39 is 6.10 Å². The third-order valence-electron chi connectivity index (χ3n) is 3.36. The van der Waals surface area contributed by atoms with Crippen molar-refractivity contribution in [3.63, 3.8) is 0 Å². The number of fused-ring (bicyclic) bond motifs is 1. The van der Waals surface area contributed by atoms with Crippen LogP contribution in [0.1, 0.15) is 24.2 Å². The summed E-state index contributed by atoms with van der Waals surface area (Å²) in [6.45, 7) is 2.12. The molecular weight excluding hydrogens is 268 g/mol. The van der Waals surface area contributed by atoms with Crippen LogP contribution in [-0.2, 0) is 6.61 Å². The van der Waals surface area contributed by atoms with E-state index >= 15 is 0 Å². The summed E-state index contributed by atoms with van der Waals surface area (Å²) >= 11 is 0. The molecule has 0 aliphatic heterocycles. The van der Waals surface area contributed by atoms with Crippen LogP contribution in [0.15, 0.2) is 53.1 Å². The van der Waals surface area contributed by atoms with E-state index in [0.717, 1.165) is 22.1 Å². The standard InChI is InChI=1S/C17H16O4/c1-11(18)16-10-21-17-8-12(2-7-15(16)17)9-20-14-5-3-13(19)4-6-14/h2-8,10-11,18-19H,9H2,1H3. The van der Waals surface area contributed by atoms with Gasteiger partial charge in [0.25, 0.3) is 0 Å². The highest BCUT2D eigenvalue weighted by molar-refractivity contribution is 5.82. The van der Waals surface area contributed by atoms with Gasteiger partial charge in [0, 0.05) is 10.9 Å². The summed E-state index contributed by atoms with van der Waals surface area (Å²) in [5.74, 6) is 0.905. The minimum Gasteiger partial charge on any atom is -0.508 e. The zero-order chi connectivity index (χ0) is 14.8. The number of aliphatic hydroxyl groups is 1. The Kier molecular flexibility index (Phi) is 3.54. The number of hydrogen-bond acceptors (Lipinski definition) is 4. The predicted molar refractivity (Wildman–Crippen MR) is 79.3 cm³/mol. The number of aromatic hydroxyl groups is 1. The lowest BCUT2D eigenvalue weighted by Gasteiger charge is -2.06. The molecule has 0 spiro atoms. The molecule has 0 aliphatic carbocycles. The van der Waals surface area contributed by atoms with Gasteiger partial charge in [-0.1, -0.05) is 12.1 Å². The van der Waals surface area contributed by atoms with Crippen LogP contribution < -0.4 is 4.74 Å². The lowest BCUT2D eigenvalue weighted by Crippen LogP contribution is -1.95. The molecule has 2 aromatic carbocycles. The Labute approximate surface area is 122 Å². The molecule has 2 N–H and O–H groups in total. The smallest absolute Gasteiger partial charge is 0.134 e. The van der Waals surface area contributed by atoms with Crippen molar-refractivity contribution < 1.29 is 19.4 Å². The highest BCUT2D eigenvalue weighted by Gasteiger charge is 2.10. The molecule has 1 heterocycles. The van der Waals surface area contributed by atoms with Gasteiger partial charge >= 0.3 is 0 Å². The van der Waals surface area contributed by atoms with Crippen LogP contribution >= 0.6 is 0 Å². The fraction of sp³-hybridized carbons (Fsp3) is 0.176. The highest BCUT2D eigenvalue weighted by Crippen LogP contribution is 2.27. The van der Waals surface area contributed by atoms with E-state index in [0.29, 0.717) is 12.4 Å². The molecule has 3 rings (SSSR count). The molecule has 0 aliphatic rings. The molecule has 0 fully saturated rings. The van der Waals surface area contributed by atoms with Crippen molar-refractivity contribution in [1.29, 1.82) is 0 Å². The fourth-order valence-corrected chi connectivity index (χ4v) is 2.22. The van der Waals surface area contributed by atoms with Crippen LogP contribution in [0, 0.1) is 0 Å². The van der Waals surface area contributed by atoms with Gasteiger partial charge in [0.1, 0.15) is 23.7 Å². The predicted octanol–water partition coefficient (Wildman–Crippen LogP) is 3.77. The van der Waals surface area contributed by atoms with Gasteiger partial charge in [-0.05, 0) is 42.8 Å². The van der Waals surface area contributed by atoms with Crippen molar-refractivity contribution in [3.05, 3.63) is 59.9 Å². The van der Waals surface area contributed by atoms with Gasteiger partial charge in [-0.3, -0.25) is 0 Å². The Morgan fingerprint density at radius 3 is 2.62 bits per heavy atom. The van der Waals surface area contributed by atoms with E-state index in [-0.39, 0.29) is 5.75 Å². The summed E-state index contributed by atoms with van der Waals surface area (Å²) in [6.07, 6.45) is 1.03. The summed E-state index contributed by atoms with van der Waals surface area (Å²) in [4.78, 5) is 0. The molecule has 0 radical (unpaired) electrons. The lowest BCUT2D eigenvalue weighted by molar-refractivity contribution is 0.199. The fourth-order valence-electron chi connectivity index (χ4n) is 2.22. The molecule has 1 atom stereocenters. The first-order valence-corrected chi connectivity index (χ1v) is 6.73. The number of benzene rings is 2. The van der Waals surface area contributed by atoms with Gasteiger partial charge in [-0.2, -0.15) is 0 Å². The molecule has 4 heteroatoms. The average molecular weight is 284 g/mol. The van der Waals surface area contributed by atoms with Gasteiger partial charge in [0.2, 0.25) is 0 Å². The third-order valence-corrected chi connectivity index (χ3v) is 3.36. The first-order valence-electron chi connectivity index (χ1n) is 6.73. The van der Waals surface area contributed by atoms with Crippen LogP contribution in [-0.4, -0.2) is 10.2 Å². The van der Waals surface area contributed by atoms with Crippen molar-refractivity contribution in [1.82, 2.24) is 0 Å². The van der Waals surface area contributed by atoms with Crippen LogP contribution in [0.25, 0.3) is 11.0 Å². The molecule has 0 amide bonds. The van der Waals surface area contributed by atoms with Gasteiger partial charge < -0.3 is 19.4 Å². The van der Waals surface area contributed by atoms with E-state index in [4.69, 9.17) is 9.15 Å². The Balaban J connectivity index is 1.77. The van der Waals surface area contributed by atoms with E-state index in [9.17, 15) is 10.2 Å². The Morgan fingerprint density at radius 2 is 1.90 bits per heavy atom. The maximum absolute atomic E-state index is 9.65. The largest absolute Gasteiger partial charge is 0.508 e. The molecule has 0 saturated heterocycles. The molecule has 0 bridgehead atoms. The van der Waals surface area contributed by atoms with Crippen LogP contribution in [0.5, 0.6) is 11.5 Å². The number of phenolic OH excluding ortho intramolecular Hbond substituents is 1. The summed E-state index contributed by atoms with van der Waals surface area (Å²) in [7, 11) is 0.